The number of pyridine rings is 1. The summed E-state index contributed by atoms with van der Waals surface area (Å²) in [6.45, 7) is 0.540. The Morgan fingerprint density at radius 1 is 0.828 bits per heavy atom. The van der Waals surface area contributed by atoms with Crippen LogP contribution >= 0.6 is 0 Å². The van der Waals surface area contributed by atoms with Gasteiger partial charge in [0.15, 0.2) is 0 Å². The number of aromatic nitrogens is 3. The van der Waals surface area contributed by atoms with Crippen LogP contribution < -0.4 is 10.6 Å². The van der Waals surface area contributed by atoms with Gasteiger partial charge in [-0.3, -0.25) is 4.98 Å². The normalized spacial score (nSPS) is 10.6. The Hall–Kier alpha value is -3.87. The quantitative estimate of drug-likeness (QED) is 0.476. The van der Waals surface area contributed by atoms with Crippen molar-refractivity contribution < 1.29 is 8.78 Å². The zero-order valence-electron chi connectivity index (χ0n) is 15.3. The fraction of sp³-hybridized carbons (Fsp3) is 0.0455. The monoisotopic (exact) mass is 389 g/mol. The predicted octanol–water partition coefficient (Wildman–Crippen LogP) is 5.17. The van der Waals surface area contributed by atoms with Gasteiger partial charge < -0.3 is 10.6 Å². The van der Waals surface area contributed by atoms with E-state index in [1.807, 2.05) is 48.5 Å². The molecule has 0 aliphatic carbocycles. The molecular weight excluding hydrogens is 372 g/mol. The molecule has 0 aliphatic rings. The largest absolute Gasteiger partial charge is 0.366 e. The number of halogens is 2. The first-order valence-electron chi connectivity index (χ1n) is 8.97. The highest BCUT2D eigenvalue weighted by Crippen LogP contribution is 2.24. The topological polar surface area (TPSA) is 62.7 Å². The minimum atomic E-state index is -0.718. The van der Waals surface area contributed by atoms with Crippen LogP contribution in [-0.2, 0) is 6.54 Å². The summed E-state index contributed by atoms with van der Waals surface area (Å²) >= 11 is 0. The molecule has 144 valence electrons. The SMILES string of the molecule is Fc1ccc(Nc2nc(NCc3ccncc3)cc(-c3ccccc3)n2)c(F)c1. The minimum absolute atomic E-state index is 0.0942. The van der Waals surface area contributed by atoms with Crippen molar-refractivity contribution in [2.75, 3.05) is 10.6 Å². The fourth-order valence-corrected chi connectivity index (χ4v) is 2.76. The third-order valence-electron chi connectivity index (χ3n) is 4.20. The van der Waals surface area contributed by atoms with Crippen molar-refractivity contribution >= 4 is 17.5 Å². The second kappa shape index (κ2) is 8.43. The molecule has 0 spiro atoms. The highest BCUT2D eigenvalue weighted by atomic mass is 19.1. The lowest BCUT2D eigenvalue weighted by Gasteiger charge is -2.12. The lowest BCUT2D eigenvalue weighted by molar-refractivity contribution is 0.586. The molecule has 0 atom stereocenters. The standard InChI is InChI=1S/C22H17F2N5/c23-17-6-7-19(18(24)12-17)27-22-28-20(16-4-2-1-3-5-16)13-21(29-22)26-14-15-8-10-25-11-9-15/h1-13H,14H2,(H2,26,27,28,29). The first-order valence-corrected chi connectivity index (χ1v) is 8.97. The van der Waals surface area contributed by atoms with E-state index in [2.05, 4.69) is 25.6 Å². The number of anilines is 3. The molecule has 0 bridgehead atoms. The Bertz CT molecular complexity index is 1100. The maximum atomic E-state index is 14.0. The smallest absolute Gasteiger partial charge is 0.229 e. The van der Waals surface area contributed by atoms with Crippen LogP contribution in [0, 0.1) is 11.6 Å². The fourth-order valence-electron chi connectivity index (χ4n) is 2.76. The van der Waals surface area contributed by atoms with E-state index in [0.717, 1.165) is 17.2 Å². The predicted molar refractivity (Wildman–Crippen MR) is 109 cm³/mol. The molecule has 0 aliphatic heterocycles. The van der Waals surface area contributed by atoms with Gasteiger partial charge in [-0.2, -0.15) is 4.98 Å². The maximum Gasteiger partial charge on any atom is 0.229 e. The zero-order valence-corrected chi connectivity index (χ0v) is 15.3. The summed E-state index contributed by atoms with van der Waals surface area (Å²) in [7, 11) is 0. The van der Waals surface area contributed by atoms with Gasteiger partial charge in [0.25, 0.3) is 0 Å². The third kappa shape index (κ3) is 4.70. The third-order valence-corrected chi connectivity index (χ3v) is 4.20. The molecule has 0 radical (unpaired) electrons. The number of rotatable bonds is 6. The Labute approximate surface area is 166 Å². The van der Waals surface area contributed by atoms with Crippen LogP contribution in [0.3, 0.4) is 0 Å². The summed E-state index contributed by atoms with van der Waals surface area (Å²) in [5, 5.41) is 6.08. The summed E-state index contributed by atoms with van der Waals surface area (Å²) < 4.78 is 27.2. The number of nitrogens with zero attached hydrogens (tertiary/aromatic N) is 3. The lowest BCUT2D eigenvalue weighted by Crippen LogP contribution is -2.06. The summed E-state index contributed by atoms with van der Waals surface area (Å²) in [4.78, 5) is 12.9. The van der Waals surface area contributed by atoms with Gasteiger partial charge in [-0.15, -0.1) is 0 Å². The number of hydrogen-bond acceptors (Lipinski definition) is 5. The molecule has 2 heterocycles. The Kier molecular flexibility index (Phi) is 5.38. The Balaban J connectivity index is 1.66. The average Bonchev–Trinajstić information content (AvgIpc) is 2.75. The van der Waals surface area contributed by atoms with Crippen molar-refractivity contribution in [1.82, 2.24) is 15.0 Å². The van der Waals surface area contributed by atoms with E-state index in [1.165, 1.54) is 12.1 Å². The molecule has 29 heavy (non-hydrogen) atoms. The summed E-state index contributed by atoms with van der Waals surface area (Å²) in [5.41, 5.74) is 2.70. The first kappa shape index (κ1) is 18.5. The number of benzene rings is 2. The maximum absolute atomic E-state index is 14.0. The highest BCUT2D eigenvalue weighted by molar-refractivity contribution is 5.66. The molecule has 0 saturated carbocycles. The summed E-state index contributed by atoms with van der Waals surface area (Å²) in [6, 6.07) is 18.5. The van der Waals surface area contributed by atoms with Crippen molar-refractivity contribution in [2.45, 2.75) is 6.54 Å². The number of nitrogens with one attached hydrogen (secondary N) is 2. The molecule has 4 rings (SSSR count). The van der Waals surface area contributed by atoms with E-state index >= 15 is 0 Å². The van der Waals surface area contributed by atoms with Gasteiger partial charge in [0.1, 0.15) is 17.5 Å². The van der Waals surface area contributed by atoms with E-state index in [4.69, 9.17) is 0 Å². The molecule has 2 aromatic heterocycles. The van der Waals surface area contributed by atoms with Crippen molar-refractivity contribution in [1.29, 1.82) is 0 Å². The Morgan fingerprint density at radius 3 is 2.38 bits per heavy atom. The van der Waals surface area contributed by atoms with Gasteiger partial charge in [-0.05, 0) is 29.8 Å². The molecule has 2 aromatic carbocycles. The average molecular weight is 389 g/mol. The van der Waals surface area contributed by atoms with Crippen LogP contribution in [0.25, 0.3) is 11.3 Å². The lowest BCUT2D eigenvalue weighted by atomic mass is 10.1. The van der Waals surface area contributed by atoms with Gasteiger partial charge in [0.2, 0.25) is 5.95 Å². The molecule has 0 saturated heterocycles. The summed E-state index contributed by atoms with van der Waals surface area (Å²) in [6.07, 6.45) is 3.44. The molecular formula is C22H17F2N5. The van der Waals surface area contributed by atoms with Crippen LogP contribution in [-0.4, -0.2) is 15.0 Å². The van der Waals surface area contributed by atoms with E-state index in [9.17, 15) is 8.78 Å². The van der Waals surface area contributed by atoms with Gasteiger partial charge >= 0.3 is 0 Å². The van der Waals surface area contributed by atoms with Crippen molar-refractivity contribution in [3.05, 3.63) is 96.3 Å². The van der Waals surface area contributed by atoms with E-state index in [0.29, 0.717) is 18.1 Å². The van der Waals surface area contributed by atoms with Crippen molar-refractivity contribution in [3.8, 4) is 11.3 Å². The molecule has 0 amide bonds. The van der Waals surface area contributed by atoms with Crippen LogP contribution in [0.4, 0.5) is 26.2 Å². The minimum Gasteiger partial charge on any atom is -0.366 e. The van der Waals surface area contributed by atoms with E-state index in [1.54, 1.807) is 12.4 Å². The number of hydrogen-bond donors (Lipinski definition) is 2. The van der Waals surface area contributed by atoms with Crippen LogP contribution in [0.15, 0.2) is 79.1 Å². The summed E-state index contributed by atoms with van der Waals surface area (Å²) in [5.74, 6) is -0.591. The van der Waals surface area contributed by atoms with E-state index < -0.39 is 11.6 Å². The van der Waals surface area contributed by atoms with Gasteiger partial charge in [-0.25, -0.2) is 13.8 Å². The zero-order chi connectivity index (χ0) is 20.1. The van der Waals surface area contributed by atoms with Gasteiger partial charge in [0.05, 0.1) is 11.4 Å². The van der Waals surface area contributed by atoms with Crippen LogP contribution in [0.2, 0.25) is 0 Å². The van der Waals surface area contributed by atoms with Crippen molar-refractivity contribution in [3.63, 3.8) is 0 Å². The molecule has 0 unspecified atom stereocenters. The molecule has 4 aromatic rings. The second-order valence-electron chi connectivity index (χ2n) is 6.29. The van der Waals surface area contributed by atoms with Crippen LogP contribution in [0.1, 0.15) is 5.56 Å². The molecule has 2 N–H and O–H groups in total. The van der Waals surface area contributed by atoms with Crippen molar-refractivity contribution in [2.24, 2.45) is 0 Å². The molecule has 7 heteroatoms. The first-order chi connectivity index (χ1) is 14.2. The van der Waals surface area contributed by atoms with Crippen LogP contribution in [0.5, 0.6) is 0 Å². The second-order valence-corrected chi connectivity index (χ2v) is 6.29. The Morgan fingerprint density at radius 2 is 1.62 bits per heavy atom. The highest BCUT2D eigenvalue weighted by Gasteiger charge is 2.10. The van der Waals surface area contributed by atoms with Gasteiger partial charge in [-0.1, -0.05) is 30.3 Å². The van der Waals surface area contributed by atoms with Gasteiger partial charge in [0, 0.05) is 36.6 Å². The molecule has 5 nitrogen and oxygen atoms in total. The van der Waals surface area contributed by atoms with E-state index in [-0.39, 0.29) is 11.6 Å². The molecule has 0 fully saturated rings.